The number of Topliss-reactive ketones (excluding diaryl/α,β-unsaturated/α-hetero) is 1. The topological polar surface area (TPSA) is 83.6 Å². The first-order valence-corrected chi connectivity index (χ1v) is 4.80. The number of hydrogen-bond acceptors (Lipinski definition) is 4. The van der Waals surface area contributed by atoms with Gasteiger partial charge in [-0.3, -0.25) is 24.1 Å². The molecule has 0 aromatic heterocycles. The maximum absolute atomic E-state index is 11.1. The third-order valence-corrected chi connectivity index (χ3v) is 1.97. The van der Waals surface area contributed by atoms with Gasteiger partial charge in [0.25, 0.3) is 11.8 Å². The van der Waals surface area contributed by atoms with Gasteiger partial charge in [0.15, 0.2) is 0 Å². The first-order valence-electron chi connectivity index (χ1n) is 4.80. The summed E-state index contributed by atoms with van der Waals surface area (Å²) in [6.07, 6.45) is 2.18. The molecule has 0 saturated carbocycles. The van der Waals surface area contributed by atoms with Gasteiger partial charge < -0.3 is 5.32 Å². The van der Waals surface area contributed by atoms with Crippen LogP contribution >= 0.6 is 0 Å². The first kappa shape index (κ1) is 12.1. The van der Waals surface area contributed by atoms with E-state index in [4.69, 9.17) is 0 Å². The zero-order valence-corrected chi connectivity index (χ0v) is 8.86. The zero-order valence-electron chi connectivity index (χ0n) is 8.86. The van der Waals surface area contributed by atoms with Gasteiger partial charge in [0.2, 0.25) is 5.91 Å². The predicted molar refractivity (Wildman–Crippen MR) is 54.2 cm³/mol. The number of ketones is 1. The van der Waals surface area contributed by atoms with E-state index in [1.807, 2.05) is 0 Å². The Morgan fingerprint density at radius 2 is 1.81 bits per heavy atom. The normalized spacial score (nSPS) is 14.4. The summed E-state index contributed by atoms with van der Waals surface area (Å²) in [5.74, 6) is -1.40. The van der Waals surface area contributed by atoms with E-state index in [2.05, 4.69) is 5.32 Å². The van der Waals surface area contributed by atoms with Crippen molar-refractivity contribution in [3.05, 3.63) is 12.2 Å². The molecule has 1 aliphatic heterocycles. The van der Waals surface area contributed by atoms with Gasteiger partial charge >= 0.3 is 0 Å². The molecule has 0 radical (unpaired) electrons. The van der Waals surface area contributed by atoms with E-state index in [1.54, 1.807) is 0 Å². The SMILES string of the molecule is CC(=O)CC(=O)NCCN1C(=O)C=CC1=O. The lowest BCUT2D eigenvalue weighted by molar-refractivity contribution is -0.137. The fourth-order valence-corrected chi connectivity index (χ4v) is 1.25. The van der Waals surface area contributed by atoms with Crippen molar-refractivity contribution in [1.82, 2.24) is 10.2 Å². The highest BCUT2D eigenvalue weighted by molar-refractivity contribution is 6.12. The van der Waals surface area contributed by atoms with Crippen LogP contribution in [0.15, 0.2) is 12.2 Å². The van der Waals surface area contributed by atoms with E-state index in [9.17, 15) is 19.2 Å². The van der Waals surface area contributed by atoms with Crippen molar-refractivity contribution in [2.24, 2.45) is 0 Å². The molecule has 0 saturated heterocycles. The number of hydrogen-bond donors (Lipinski definition) is 1. The summed E-state index contributed by atoms with van der Waals surface area (Å²) in [5.41, 5.74) is 0. The van der Waals surface area contributed by atoms with Crippen molar-refractivity contribution in [2.75, 3.05) is 13.1 Å². The lowest BCUT2D eigenvalue weighted by Gasteiger charge is -2.13. The van der Waals surface area contributed by atoms with E-state index in [1.165, 1.54) is 19.1 Å². The number of nitrogens with zero attached hydrogens (tertiary/aromatic N) is 1. The second-order valence-corrected chi connectivity index (χ2v) is 3.39. The average molecular weight is 224 g/mol. The quantitative estimate of drug-likeness (QED) is 0.480. The highest BCUT2D eigenvalue weighted by atomic mass is 16.2. The van der Waals surface area contributed by atoms with Gasteiger partial charge in [-0.15, -0.1) is 0 Å². The number of carbonyl (C=O) groups excluding carboxylic acids is 4. The van der Waals surface area contributed by atoms with Crippen LogP contribution in [-0.4, -0.2) is 41.5 Å². The molecule has 86 valence electrons. The minimum atomic E-state index is -0.403. The van der Waals surface area contributed by atoms with Crippen LogP contribution in [0.25, 0.3) is 0 Å². The molecule has 0 atom stereocenters. The van der Waals surface area contributed by atoms with E-state index >= 15 is 0 Å². The molecule has 16 heavy (non-hydrogen) atoms. The Morgan fingerprint density at radius 3 is 2.31 bits per heavy atom. The Kier molecular flexibility index (Phi) is 3.93. The Bertz CT molecular complexity index is 355. The number of amides is 3. The smallest absolute Gasteiger partial charge is 0.253 e. The molecule has 6 nitrogen and oxygen atoms in total. The van der Waals surface area contributed by atoms with Crippen molar-refractivity contribution in [2.45, 2.75) is 13.3 Å². The lowest BCUT2D eigenvalue weighted by atomic mass is 10.3. The molecule has 0 aromatic rings. The summed E-state index contributed by atoms with van der Waals surface area (Å²) in [7, 11) is 0. The molecule has 1 heterocycles. The summed E-state index contributed by atoms with van der Waals surface area (Å²) < 4.78 is 0. The number of carbonyl (C=O) groups is 4. The highest BCUT2D eigenvalue weighted by Gasteiger charge is 2.22. The lowest BCUT2D eigenvalue weighted by Crippen LogP contribution is -2.38. The Morgan fingerprint density at radius 1 is 1.25 bits per heavy atom. The molecule has 0 aliphatic carbocycles. The molecule has 1 aliphatic rings. The van der Waals surface area contributed by atoms with Gasteiger partial charge in [0.05, 0.1) is 6.42 Å². The van der Waals surface area contributed by atoms with Crippen LogP contribution < -0.4 is 5.32 Å². The minimum Gasteiger partial charge on any atom is -0.354 e. The van der Waals surface area contributed by atoms with Crippen LogP contribution in [0.2, 0.25) is 0 Å². The van der Waals surface area contributed by atoms with Crippen molar-refractivity contribution in [1.29, 1.82) is 0 Å². The van der Waals surface area contributed by atoms with E-state index in [0.29, 0.717) is 0 Å². The molecule has 0 fully saturated rings. The van der Waals surface area contributed by atoms with Gasteiger partial charge in [-0.2, -0.15) is 0 Å². The van der Waals surface area contributed by atoms with Crippen LogP contribution in [0.3, 0.4) is 0 Å². The molecule has 3 amide bonds. The van der Waals surface area contributed by atoms with Crippen molar-refractivity contribution < 1.29 is 19.2 Å². The third-order valence-electron chi connectivity index (χ3n) is 1.97. The summed E-state index contributed by atoms with van der Waals surface area (Å²) in [6, 6.07) is 0. The van der Waals surface area contributed by atoms with Gasteiger partial charge in [-0.1, -0.05) is 0 Å². The maximum Gasteiger partial charge on any atom is 0.253 e. The molecule has 1 N–H and O–H groups in total. The van der Waals surface area contributed by atoms with E-state index in [-0.39, 0.29) is 37.1 Å². The van der Waals surface area contributed by atoms with Gasteiger partial charge in [-0.05, 0) is 6.92 Å². The molecule has 0 bridgehead atoms. The van der Waals surface area contributed by atoms with E-state index < -0.39 is 5.91 Å². The predicted octanol–water partition coefficient (Wildman–Crippen LogP) is -0.993. The number of imide groups is 1. The van der Waals surface area contributed by atoms with Crippen molar-refractivity contribution in [3.8, 4) is 0 Å². The van der Waals surface area contributed by atoms with Crippen molar-refractivity contribution >= 4 is 23.5 Å². The first-order chi connectivity index (χ1) is 7.50. The van der Waals surface area contributed by atoms with Crippen LogP contribution in [-0.2, 0) is 19.2 Å². The highest BCUT2D eigenvalue weighted by Crippen LogP contribution is 2.01. The molecule has 0 spiro atoms. The van der Waals surface area contributed by atoms with Crippen LogP contribution in [0.4, 0.5) is 0 Å². The minimum absolute atomic E-state index is 0.119. The molecular weight excluding hydrogens is 212 g/mol. The molecule has 0 unspecified atom stereocenters. The Balaban J connectivity index is 2.26. The second kappa shape index (κ2) is 5.20. The van der Waals surface area contributed by atoms with Gasteiger partial charge in [0.1, 0.15) is 5.78 Å². The number of rotatable bonds is 5. The fourth-order valence-electron chi connectivity index (χ4n) is 1.25. The standard InChI is InChI=1S/C10H12N2O4/c1-7(13)6-8(14)11-4-5-12-9(15)2-3-10(12)16/h2-3H,4-6H2,1H3,(H,11,14). The van der Waals surface area contributed by atoms with Crippen LogP contribution in [0.5, 0.6) is 0 Å². The molecule has 1 rings (SSSR count). The molecule has 6 heteroatoms. The molecule has 0 aromatic carbocycles. The average Bonchev–Trinajstić information content (AvgIpc) is 2.47. The van der Waals surface area contributed by atoms with E-state index in [0.717, 1.165) is 4.90 Å². The second-order valence-electron chi connectivity index (χ2n) is 3.39. The monoisotopic (exact) mass is 224 g/mol. The Labute approximate surface area is 92.3 Å². The van der Waals surface area contributed by atoms with Gasteiger partial charge in [0, 0.05) is 25.2 Å². The largest absolute Gasteiger partial charge is 0.354 e. The summed E-state index contributed by atoms with van der Waals surface area (Å²) in [5, 5.41) is 2.45. The number of nitrogens with one attached hydrogen (secondary N) is 1. The van der Waals surface area contributed by atoms with Crippen LogP contribution in [0, 0.1) is 0 Å². The fraction of sp³-hybridized carbons (Fsp3) is 0.400. The summed E-state index contributed by atoms with van der Waals surface area (Å²) in [6.45, 7) is 1.59. The maximum atomic E-state index is 11.1. The summed E-state index contributed by atoms with van der Waals surface area (Å²) in [4.78, 5) is 44.8. The van der Waals surface area contributed by atoms with Crippen LogP contribution in [0.1, 0.15) is 13.3 Å². The summed E-state index contributed by atoms with van der Waals surface area (Å²) >= 11 is 0. The van der Waals surface area contributed by atoms with Gasteiger partial charge in [-0.25, -0.2) is 0 Å². The van der Waals surface area contributed by atoms with Crippen molar-refractivity contribution in [3.63, 3.8) is 0 Å². The zero-order chi connectivity index (χ0) is 12.1. The Hall–Kier alpha value is -1.98. The third kappa shape index (κ3) is 3.30. The molecular formula is C10H12N2O4.